The van der Waals surface area contributed by atoms with E-state index in [-0.39, 0.29) is 6.61 Å². The zero-order valence-electron chi connectivity index (χ0n) is 30.5. The molecule has 0 spiro atoms. The molecule has 0 aliphatic rings. The molecule has 0 aromatic carbocycles. The Kier molecular flexibility index (Phi) is 36.9. The van der Waals surface area contributed by atoms with Gasteiger partial charge in [0, 0.05) is 13.2 Å². The van der Waals surface area contributed by atoms with Gasteiger partial charge in [-0.25, -0.2) is 4.57 Å². The molecule has 46 heavy (non-hydrogen) atoms. The summed E-state index contributed by atoms with van der Waals surface area (Å²) in [7, 11) is -4.52. The Morgan fingerprint density at radius 3 is 1.37 bits per heavy atom. The summed E-state index contributed by atoms with van der Waals surface area (Å²) in [6, 6.07) is 0. The van der Waals surface area contributed by atoms with Crippen molar-refractivity contribution >= 4 is 7.82 Å². The van der Waals surface area contributed by atoms with Gasteiger partial charge in [-0.05, 0) is 44.9 Å². The van der Waals surface area contributed by atoms with Crippen LogP contribution in [0.4, 0.5) is 0 Å². The molecule has 7 heteroatoms. The Morgan fingerprint density at radius 2 is 0.891 bits per heavy atom. The fourth-order valence-corrected chi connectivity index (χ4v) is 5.99. The summed E-state index contributed by atoms with van der Waals surface area (Å²) in [5, 5.41) is 0. The first-order valence-corrected chi connectivity index (χ1v) is 21.2. The number of phosphoric ester groups is 1. The van der Waals surface area contributed by atoms with Gasteiger partial charge in [0.15, 0.2) is 0 Å². The monoisotopic (exact) mass is 673 g/mol. The fraction of sp³-hybridized carbons (Fsp3) is 0.897. The van der Waals surface area contributed by atoms with Crippen molar-refractivity contribution in [2.24, 2.45) is 0 Å². The van der Waals surface area contributed by atoms with E-state index >= 15 is 0 Å². The van der Waals surface area contributed by atoms with Gasteiger partial charge in [-0.3, -0.25) is 4.52 Å². The molecule has 0 saturated carbocycles. The second kappa shape index (κ2) is 37.3. The minimum atomic E-state index is -4.52. The molecule has 0 radical (unpaired) electrons. The molecule has 0 aliphatic carbocycles. The summed E-state index contributed by atoms with van der Waals surface area (Å²) in [4.78, 5) is 18.2. The molecule has 0 aromatic heterocycles. The molecule has 0 saturated heterocycles. The van der Waals surface area contributed by atoms with Crippen molar-refractivity contribution in [3.63, 3.8) is 0 Å². The minimum Gasteiger partial charge on any atom is -0.379 e. The number of hydrogen-bond donors (Lipinski definition) is 2. The predicted octanol–water partition coefficient (Wildman–Crippen LogP) is 12.6. The summed E-state index contributed by atoms with van der Waals surface area (Å²) in [5.74, 6) is 0. The van der Waals surface area contributed by atoms with Crippen molar-refractivity contribution in [2.45, 2.75) is 200 Å². The van der Waals surface area contributed by atoms with Gasteiger partial charge < -0.3 is 19.3 Å². The van der Waals surface area contributed by atoms with Crippen molar-refractivity contribution in [3.05, 3.63) is 24.3 Å². The molecule has 0 aromatic rings. The van der Waals surface area contributed by atoms with E-state index < -0.39 is 13.9 Å². The maximum Gasteiger partial charge on any atom is 0.469 e. The molecular formula is C39H77O6P. The van der Waals surface area contributed by atoms with E-state index in [9.17, 15) is 4.57 Å². The van der Waals surface area contributed by atoms with E-state index in [1.807, 2.05) is 0 Å². The van der Waals surface area contributed by atoms with Crippen LogP contribution in [0, 0.1) is 0 Å². The third kappa shape index (κ3) is 39.7. The highest BCUT2D eigenvalue weighted by Crippen LogP contribution is 2.35. The molecular weight excluding hydrogens is 595 g/mol. The Balaban J connectivity index is 3.69. The molecule has 0 rings (SSSR count). The fourth-order valence-electron chi connectivity index (χ4n) is 5.63. The quantitative estimate of drug-likeness (QED) is 0.0386. The van der Waals surface area contributed by atoms with E-state index in [0.29, 0.717) is 19.8 Å². The van der Waals surface area contributed by atoms with Crippen LogP contribution in [-0.4, -0.2) is 42.3 Å². The Morgan fingerprint density at radius 1 is 0.500 bits per heavy atom. The van der Waals surface area contributed by atoms with Gasteiger partial charge in [-0.15, -0.1) is 0 Å². The van der Waals surface area contributed by atoms with Crippen LogP contribution in [0.3, 0.4) is 0 Å². The van der Waals surface area contributed by atoms with E-state index in [1.54, 1.807) is 0 Å². The lowest BCUT2D eigenvalue weighted by atomic mass is 10.0. The van der Waals surface area contributed by atoms with Crippen LogP contribution in [0.1, 0.15) is 194 Å². The average Bonchev–Trinajstić information content (AvgIpc) is 3.03. The minimum absolute atomic E-state index is 0.147. The maximum atomic E-state index is 11.2. The highest BCUT2D eigenvalue weighted by atomic mass is 31.2. The van der Waals surface area contributed by atoms with Gasteiger partial charge in [0.1, 0.15) is 6.10 Å². The number of hydrogen-bond acceptors (Lipinski definition) is 4. The molecule has 1 unspecified atom stereocenters. The maximum absolute atomic E-state index is 11.2. The first-order chi connectivity index (χ1) is 22.5. The lowest BCUT2D eigenvalue weighted by Crippen LogP contribution is -2.26. The normalized spacial score (nSPS) is 13.0. The van der Waals surface area contributed by atoms with Crippen LogP contribution in [0.5, 0.6) is 0 Å². The summed E-state index contributed by atoms with van der Waals surface area (Å²) in [5.41, 5.74) is 0. The standard InChI is InChI=1S/C39H77O6P/c1-3-5-7-9-11-13-15-17-19-21-23-25-27-29-31-33-35-43-37-39(38-45-46(40,41)42)44-36-34-32-30-28-26-24-22-20-18-16-14-12-10-8-6-4-2/h12,14,18,20,39H,3-11,13,15-17,19,21-38H2,1-2H3,(H2,40,41,42)/b14-12+,20-18+. The van der Waals surface area contributed by atoms with Crippen molar-refractivity contribution in [2.75, 3.05) is 26.4 Å². The predicted molar refractivity (Wildman–Crippen MR) is 197 cm³/mol. The molecule has 6 nitrogen and oxygen atoms in total. The molecule has 0 aliphatic heterocycles. The zero-order chi connectivity index (χ0) is 33.7. The third-order valence-electron chi connectivity index (χ3n) is 8.57. The molecule has 0 bridgehead atoms. The molecule has 2 N–H and O–H groups in total. The molecule has 0 amide bonds. The highest BCUT2D eigenvalue weighted by molar-refractivity contribution is 7.46. The Bertz CT molecular complexity index is 692. The summed E-state index contributed by atoms with van der Waals surface area (Å²) in [6.45, 7) is 5.89. The summed E-state index contributed by atoms with van der Waals surface area (Å²) >= 11 is 0. The van der Waals surface area contributed by atoms with Gasteiger partial charge in [-0.2, -0.15) is 0 Å². The van der Waals surface area contributed by atoms with Crippen LogP contribution < -0.4 is 0 Å². The van der Waals surface area contributed by atoms with E-state index in [0.717, 1.165) is 38.5 Å². The number of ether oxygens (including phenoxy) is 2. The van der Waals surface area contributed by atoms with E-state index in [4.69, 9.17) is 23.8 Å². The van der Waals surface area contributed by atoms with Crippen LogP contribution in [-0.2, 0) is 18.6 Å². The van der Waals surface area contributed by atoms with Crippen LogP contribution in [0.25, 0.3) is 0 Å². The first kappa shape index (κ1) is 45.5. The average molecular weight is 673 g/mol. The van der Waals surface area contributed by atoms with Crippen molar-refractivity contribution in [1.29, 1.82) is 0 Å². The topological polar surface area (TPSA) is 85.2 Å². The SMILES string of the molecule is CCCCC/C=C/C/C=C/CCCCCCCCOC(COCCCCCCCCCCCCCCCCCC)COP(=O)(O)O. The van der Waals surface area contributed by atoms with Crippen LogP contribution in [0.2, 0.25) is 0 Å². The zero-order valence-corrected chi connectivity index (χ0v) is 31.4. The number of allylic oxidation sites excluding steroid dienone is 4. The van der Waals surface area contributed by atoms with Crippen molar-refractivity contribution in [3.8, 4) is 0 Å². The number of phosphoric acid groups is 1. The lowest BCUT2D eigenvalue weighted by molar-refractivity contribution is -0.0429. The Hall–Kier alpha value is -0.490. The van der Waals surface area contributed by atoms with Crippen LogP contribution in [0.15, 0.2) is 24.3 Å². The van der Waals surface area contributed by atoms with Crippen LogP contribution >= 0.6 is 7.82 Å². The van der Waals surface area contributed by atoms with Crippen molar-refractivity contribution in [1.82, 2.24) is 0 Å². The summed E-state index contributed by atoms with van der Waals surface area (Å²) in [6.07, 6.45) is 44.5. The van der Waals surface area contributed by atoms with Gasteiger partial charge in [0.25, 0.3) is 0 Å². The molecule has 274 valence electrons. The van der Waals surface area contributed by atoms with E-state index in [2.05, 4.69) is 38.2 Å². The smallest absolute Gasteiger partial charge is 0.379 e. The Labute approximate surface area is 286 Å². The second-order valence-corrected chi connectivity index (χ2v) is 14.5. The number of rotatable bonds is 38. The molecule has 1 atom stereocenters. The lowest BCUT2D eigenvalue weighted by Gasteiger charge is -2.18. The van der Waals surface area contributed by atoms with E-state index in [1.165, 1.54) is 141 Å². The van der Waals surface area contributed by atoms with Gasteiger partial charge >= 0.3 is 7.82 Å². The summed E-state index contributed by atoms with van der Waals surface area (Å²) < 4.78 is 27.6. The third-order valence-corrected chi connectivity index (χ3v) is 9.06. The second-order valence-electron chi connectivity index (χ2n) is 13.2. The molecule has 0 fully saturated rings. The van der Waals surface area contributed by atoms with Gasteiger partial charge in [0.2, 0.25) is 0 Å². The van der Waals surface area contributed by atoms with Gasteiger partial charge in [0.05, 0.1) is 13.2 Å². The first-order valence-electron chi connectivity index (χ1n) is 19.7. The molecule has 0 heterocycles. The van der Waals surface area contributed by atoms with Crippen molar-refractivity contribution < 1.29 is 28.3 Å². The highest BCUT2D eigenvalue weighted by Gasteiger charge is 2.19. The van der Waals surface area contributed by atoms with Gasteiger partial charge in [-0.1, -0.05) is 173 Å². The largest absolute Gasteiger partial charge is 0.469 e. The number of unbranched alkanes of at least 4 members (excludes halogenated alkanes) is 24.